The summed E-state index contributed by atoms with van der Waals surface area (Å²) in [4.78, 5) is 14.9. The first kappa shape index (κ1) is 12.2. The van der Waals surface area contributed by atoms with Crippen LogP contribution >= 0.6 is 0 Å². The van der Waals surface area contributed by atoms with Crippen molar-refractivity contribution in [2.24, 2.45) is 5.73 Å². The summed E-state index contributed by atoms with van der Waals surface area (Å²) in [5, 5.41) is 0. The number of nitrogens with two attached hydrogens (primary N) is 1. The van der Waals surface area contributed by atoms with Gasteiger partial charge in [0.2, 0.25) is 0 Å². The van der Waals surface area contributed by atoms with Crippen LogP contribution in [0.4, 0.5) is 4.79 Å². The van der Waals surface area contributed by atoms with Crippen LogP contribution in [0.25, 0.3) is 0 Å². The number of carbonyl (C=O) groups excluding carboxylic acids is 1. The summed E-state index contributed by atoms with van der Waals surface area (Å²) in [5.74, 6) is 0. The maximum Gasteiger partial charge on any atom is 0.319 e. The Morgan fingerprint density at radius 2 is 1.92 bits per heavy atom. The standard InChI is InChI=1S/C9H21N3O/c1-5-11(3)9(13)12(4)7-6-8(2)10/h8H,5-7,10H2,1-4H3. The zero-order valence-corrected chi connectivity index (χ0v) is 9.08. The summed E-state index contributed by atoms with van der Waals surface area (Å²) in [6.07, 6.45) is 0.847. The smallest absolute Gasteiger partial charge is 0.319 e. The van der Waals surface area contributed by atoms with Crippen molar-refractivity contribution in [2.45, 2.75) is 26.3 Å². The van der Waals surface area contributed by atoms with E-state index in [2.05, 4.69) is 0 Å². The van der Waals surface area contributed by atoms with Crippen molar-refractivity contribution in [2.75, 3.05) is 27.2 Å². The van der Waals surface area contributed by atoms with Gasteiger partial charge in [-0.2, -0.15) is 0 Å². The second kappa shape index (κ2) is 5.80. The van der Waals surface area contributed by atoms with Gasteiger partial charge in [-0.1, -0.05) is 0 Å². The molecule has 0 aromatic heterocycles. The number of rotatable bonds is 4. The first-order valence-electron chi connectivity index (χ1n) is 4.70. The highest BCUT2D eigenvalue weighted by atomic mass is 16.2. The lowest BCUT2D eigenvalue weighted by atomic mass is 10.2. The van der Waals surface area contributed by atoms with Gasteiger partial charge in [0.05, 0.1) is 0 Å². The SMILES string of the molecule is CCN(C)C(=O)N(C)CCC(C)N. The molecule has 0 bridgehead atoms. The summed E-state index contributed by atoms with van der Waals surface area (Å²) in [6.45, 7) is 5.36. The molecule has 0 saturated heterocycles. The van der Waals surface area contributed by atoms with Crippen molar-refractivity contribution in [3.63, 3.8) is 0 Å². The molecule has 0 aliphatic rings. The van der Waals surface area contributed by atoms with Crippen molar-refractivity contribution in [1.82, 2.24) is 9.80 Å². The molecule has 4 heteroatoms. The second-order valence-electron chi connectivity index (χ2n) is 3.48. The van der Waals surface area contributed by atoms with Crippen LogP contribution in [0.15, 0.2) is 0 Å². The summed E-state index contributed by atoms with van der Waals surface area (Å²) in [6, 6.07) is 0.213. The van der Waals surface area contributed by atoms with E-state index < -0.39 is 0 Å². The zero-order valence-electron chi connectivity index (χ0n) is 9.08. The lowest BCUT2D eigenvalue weighted by molar-refractivity contribution is 0.174. The van der Waals surface area contributed by atoms with Crippen LogP contribution < -0.4 is 5.73 Å². The Morgan fingerprint density at radius 1 is 1.38 bits per heavy atom. The van der Waals surface area contributed by atoms with E-state index in [1.807, 2.05) is 13.8 Å². The molecule has 78 valence electrons. The molecule has 0 aromatic rings. The molecule has 0 spiro atoms. The number of hydrogen-bond donors (Lipinski definition) is 1. The molecular formula is C9H21N3O. The first-order valence-corrected chi connectivity index (χ1v) is 4.70. The Bertz CT molecular complexity index is 159. The monoisotopic (exact) mass is 187 g/mol. The van der Waals surface area contributed by atoms with Crippen molar-refractivity contribution in [3.8, 4) is 0 Å². The summed E-state index contributed by atoms with van der Waals surface area (Å²) < 4.78 is 0. The van der Waals surface area contributed by atoms with E-state index in [4.69, 9.17) is 5.73 Å². The largest absolute Gasteiger partial charge is 0.328 e. The highest BCUT2D eigenvalue weighted by Crippen LogP contribution is 1.96. The van der Waals surface area contributed by atoms with E-state index in [0.717, 1.165) is 19.5 Å². The summed E-state index contributed by atoms with van der Waals surface area (Å²) in [7, 11) is 3.60. The van der Waals surface area contributed by atoms with Gasteiger partial charge in [0.1, 0.15) is 0 Å². The average Bonchev–Trinajstić information content (AvgIpc) is 2.11. The highest BCUT2D eigenvalue weighted by molar-refractivity contribution is 5.73. The molecular weight excluding hydrogens is 166 g/mol. The predicted molar refractivity (Wildman–Crippen MR) is 54.6 cm³/mol. The Hall–Kier alpha value is -0.770. The van der Waals surface area contributed by atoms with Gasteiger partial charge in [-0.05, 0) is 20.3 Å². The maximum absolute atomic E-state index is 11.5. The Kier molecular flexibility index (Phi) is 5.46. The third kappa shape index (κ3) is 4.72. The van der Waals surface area contributed by atoms with Crippen molar-refractivity contribution < 1.29 is 4.79 Å². The van der Waals surface area contributed by atoms with Crippen molar-refractivity contribution >= 4 is 6.03 Å². The number of nitrogens with zero attached hydrogens (tertiary/aromatic N) is 2. The predicted octanol–water partition coefficient (Wildman–Crippen LogP) is 0.727. The van der Waals surface area contributed by atoms with Crippen LogP contribution in [-0.2, 0) is 0 Å². The fourth-order valence-electron chi connectivity index (χ4n) is 0.920. The van der Waals surface area contributed by atoms with Crippen LogP contribution in [0.1, 0.15) is 20.3 Å². The molecule has 0 aromatic carbocycles. The van der Waals surface area contributed by atoms with Gasteiger partial charge in [0, 0.05) is 33.2 Å². The van der Waals surface area contributed by atoms with Crippen LogP contribution in [-0.4, -0.2) is 49.1 Å². The second-order valence-corrected chi connectivity index (χ2v) is 3.48. The molecule has 4 nitrogen and oxygen atoms in total. The van der Waals surface area contributed by atoms with Gasteiger partial charge >= 0.3 is 6.03 Å². The van der Waals surface area contributed by atoms with Crippen LogP contribution in [0.3, 0.4) is 0 Å². The molecule has 1 atom stereocenters. The molecule has 0 heterocycles. The number of hydrogen-bond acceptors (Lipinski definition) is 2. The molecule has 0 aliphatic heterocycles. The third-order valence-corrected chi connectivity index (χ3v) is 2.05. The van der Waals surface area contributed by atoms with Crippen molar-refractivity contribution in [1.29, 1.82) is 0 Å². The lowest BCUT2D eigenvalue weighted by Crippen LogP contribution is -2.40. The molecule has 13 heavy (non-hydrogen) atoms. The van der Waals surface area contributed by atoms with Gasteiger partial charge < -0.3 is 15.5 Å². The minimum Gasteiger partial charge on any atom is -0.328 e. The molecule has 2 amide bonds. The van der Waals surface area contributed by atoms with Gasteiger partial charge in [-0.25, -0.2) is 4.79 Å². The van der Waals surface area contributed by atoms with Gasteiger partial charge in [0.15, 0.2) is 0 Å². The Balaban J connectivity index is 3.82. The molecule has 1 unspecified atom stereocenters. The quantitative estimate of drug-likeness (QED) is 0.705. The lowest BCUT2D eigenvalue weighted by Gasteiger charge is -2.24. The van der Waals surface area contributed by atoms with E-state index in [9.17, 15) is 4.79 Å². The highest BCUT2D eigenvalue weighted by Gasteiger charge is 2.11. The Morgan fingerprint density at radius 3 is 2.31 bits per heavy atom. The molecule has 0 fully saturated rings. The third-order valence-electron chi connectivity index (χ3n) is 2.05. The van der Waals surface area contributed by atoms with E-state index >= 15 is 0 Å². The molecule has 0 aliphatic carbocycles. The van der Waals surface area contributed by atoms with Gasteiger partial charge in [-0.15, -0.1) is 0 Å². The normalized spacial score (nSPS) is 12.4. The number of amides is 2. The van der Waals surface area contributed by atoms with Crippen molar-refractivity contribution in [3.05, 3.63) is 0 Å². The maximum atomic E-state index is 11.5. The molecule has 0 saturated carbocycles. The van der Waals surface area contributed by atoms with Crippen LogP contribution in [0.2, 0.25) is 0 Å². The van der Waals surface area contributed by atoms with E-state index in [0.29, 0.717) is 0 Å². The average molecular weight is 187 g/mol. The van der Waals surface area contributed by atoms with E-state index in [-0.39, 0.29) is 12.1 Å². The summed E-state index contributed by atoms with van der Waals surface area (Å²) in [5.41, 5.74) is 5.60. The number of urea groups is 1. The van der Waals surface area contributed by atoms with Crippen LogP contribution in [0, 0.1) is 0 Å². The van der Waals surface area contributed by atoms with E-state index in [1.165, 1.54) is 0 Å². The van der Waals surface area contributed by atoms with Gasteiger partial charge in [-0.3, -0.25) is 0 Å². The Labute approximate surface area is 80.7 Å². The van der Waals surface area contributed by atoms with E-state index in [1.54, 1.807) is 23.9 Å². The minimum atomic E-state index is 0.0585. The van der Waals surface area contributed by atoms with Crippen LogP contribution in [0.5, 0.6) is 0 Å². The summed E-state index contributed by atoms with van der Waals surface area (Å²) >= 11 is 0. The van der Waals surface area contributed by atoms with Gasteiger partial charge in [0.25, 0.3) is 0 Å². The minimum absolute atomic E-state index is 0.0585. The topological polar surface area (TPSA) is 49.6 Å². The fourth-order valence-corrected chi connectivity index (χ4v) is 0.920. The molecule has 0 rings (SSSR count). The fraction of sp³-hybridized carbons (Fsp3) is 0.889. The molecule has 2 N–H and O–H groups in total. The number of carbonyl (C=O) groups is 1. The zero-order chi connectivity index (χ0) is 10.4. The molecule has 0 radical (unpaired) electrons. The first-order chi connectivity index (χ1) is 5.99.